The minimum atomic E-state index is 0.560. The van der Waals surface area contributed by atoms with E-state index in [1.807, 2.05) is 91.0 Å². The van der Waals surface area contributed by atoms with E-state index in [1.54, 1.807) is 0 Å². The van der Waals surface area contributed by atoms with Gasteiger partial charge in [-0.15, -0.1) is 0 Å². The number of hydrogen-bond acceptors (Lipinski definition) is 3. The molecule has 0 saturated heterocycles. The van der Waals surface area contributed by atoms with Crippen molar-refractivity contribution in [1.82, 2.24) is 9.13 Å². The van der Waals surface area contributed by atoms with Crippen LogP contribution in [0.4, 0.5) is 0 Å². The van der Waals surface area contributed by atoms with Gasteiger partial charge in [-0.1, -0.05) is 84.9 Å². The fourth-order valence-corrected chi connectivity index (χ4v) is 7.42. The maximum Gasteiger partial charge on any atom is 0.101 e. The number of nitriles is 3. The first kappa shape index (κ1) is 28.8. The first-order chi connectivity index (χ1) is 24.7. The van der Waals surface area contributed by atoms with Gasteiger partial charge in [0.15, 0.2) is 0 Å². The molecule has 0 spiro atoms. The molecule has 0 atom stereocenters. The Morgan fingerprint density at radius 1 is 0.360 bits per heavy atom. The van der Waals surface area contributed by atoms with E-state index in [1.165, 1.54) is 0 Å². The zero-order chi connectivity index (χ0) is 33.8. The molecule has 230 valence electrons. The molecule has 9 rings (SSSR count). The maximum atomic E-state index is 10.4. The zero-order valence-corrected chi connectivity index (χ0v) is 26.7. The van der Waals surface area contributed by atoms with Crippen molar-refractivity contribution in [1.29, 1.82) is 15.8 Å². The second-order valence-electron chi connectivity index (χ2n) is 12.3. The van der Waals surface area contributed by atoms with Crippen LogP contribution in [0.25, 0.3) is 77.2 Å². The van der Waals surface area contributed by atoms with Crippen LogP contribution in [-0.2, 0) is 0 Å². The van der Waals surface area contributed by atoms with Crippen LogP contribution in [0.15, 0.2) is 152 Å². The summed E-state index contributed by atoms with van der Waals surface area (Å²) in [6, 6.07) is 57.7. The van der Waals surface area contributed by atoms with Crippen LogP contribution in [0, 0.1) is 34.0 Å². The first-order valence-corrected chi connectivity index (χ1v) is 16.3. The summed E-state index contributed by atoms with van der Waals surface area (Å²) >= 11 is 0. The average molecular weight is 636 g/mol. The van der Waals surface area contributed by atoms with Crippen LogP contribution in [0.3, 0.4) is 0 Å². The summed E-state index contributed by atoms with van der Waals surface area (Å²) in [5.41, 5.74) is 11.1. The van der Waals surface area contributed by atoms with Crippen molar-refractivity contribution in [2.45, 2.75) is 0 Å². The molecule has 5 nitrogen and oxygen atoms in total. The predicted octanol–water partition coefficient (Wildman–Crippen LogP) is 10.8. The molecule has 9 aromatic rings. The third-order valence-electron chi connectivity index (χ3n) is 9.65. The Kier molecular flexibility index (Phi) is 6.56. The lowest BCUT2D eigenvalue weighted by Gasteiger charge is -2.16. The highest BCUT2D eigenvalue weighted by Gasteiger charge is 2.19. The number of para-hydroxylation sites is 4. The molecule has 2 aromatic heterocycles. The van der Waals surface area contributed by atoms with Crippen molar-refractivity contribution >= 4 is 43.6 Å². The second-order valence-corrected chi connectivity index (χ2v) is 12.3. The predicted molar refractivity (Wildman–Crippen MR) is 200 cm³/mol. The molecular formula is C45H25N5. The normalized spacial score (nSPS) is 11.1. The summed E-state index contributed by atoms with van der Waals surface area (Å²) < 4.78 is 4.39. The lowest BCUT2D eigenvalue weighted by atomic mass is 9.93. The fourth-order valence-electron chi connectivity index (χ4n) is 7.42. The van der Waals surface area contributed by atoms with Crippen LogP contribution in [0.2, 0.25) is 0 Å². The van der Waals surface area contributed by atoms with E-state index in [-0.39, 0.29) is 0 Å². The maximum absolute atomic E-state index is 10.4. The van der Waals surface area contributed by atoms with Crippen LogP contribution in [0.1, 0.15) is 16.7 Å². The quantitative estimate of drug-likeness (QED) is 0.193. The van der Waals surface area contributed by atoms with E-state index in [4.69, 9.17) is 0 Å². The van der Waals surface area contributed by atoms with Crippen molar-refractivity contribution in [3.05, 3.63) is 168 Å². The molecule has 0 fully saturated rings. The number of benzene rings is 7. The van der Waals surface area contributed by atoms with Crippen molar-refractivity contribution < 1.29 is 0 Å². The van der Waals surface area contributed by atoms with E-state index in [9.17, 15) is 15.8 Å². The van der Waals surface area contributed by atoms with Gasteiger partial charge >= 0.3 is 0 Å². The Morgan fingerprint density at radius 2 is 0.880 bits per heavy atom. The number of aromatic nitrogens is 2. The summed E-state index contributed by atoms with van der Waals surface area (Å²) in [5.74, 6) is 0. The third kappa shape index (κ3) is 4.31. The molecule has 0 saturated carbocycles. The number of nitrogens with zero attached hydrogens (tertiary/aromatic N) is 5. The van der Waals surface area contributed by atoms with Crippen LogP contribution < -0.4 is 0 Å². The average Bonchev–Trinajstić information content (AvgIpc) is 3.70. The number of fused-ring (bicyclic) bond motifs is 6. The van der Waals surface area contributed by atoms with Crippen LogP contribution in [-0.4, -0.2) is 9.13 Å². The topological polar surface area (TPSA) is 81.2 Å². The van der Waals surface area contributed by atoms with Crippen molar-refractivity contribution in [2.75, 3.05) is 0 Å². The number of rotatable bonds is 4. The molecular weight excluding hydrogens is 611 g/mol. The Bertz CT molecular complexity index is 2920. The molecule has 5 heteroatoms. The fraction of sp³-hybridized carbons (Fsp3) is 0. The SMILES string of the molecule is N#Cc1ccc2c(c1)c1ccccc1n2-c1ccccc1-c1cc(-c2ccc(C#N)c(-n3c4ccccc4c4ccccc43)c2)ccc1C#N. The van der Waals surface area contributed by atoms with Gasteiger partial charge in [-0.3, -0.25) is 0 Å². The van der Waals surface area contributed by atoms with Crippen molar-refractivity contribution in [3.63, 3.8) is 0 Å². The minimum Gasteiger partial charge on any atom is -0.309 e. The van der Waals surface area contributed by atoms with Gasteiger partial charge in [0.2, 0.25) is 0 Å². The van der Waals surface area contributed by atoms with Gasteiger partial charge in [0.25, 0.3) is 0 Å². The smallest absolute Gasteiger partial charge is 0.101 e. The standard InChI is InChI=1S/C45H25N5/c46-26-29-17-22-44-39(23-29)37-12-4-8-16-43(37)49(44)42-15-7-3-11-36(42)38-24-30(18-20-32(38)27-47)31-19-21-33(28-48)45(25-31)50-40-13-5-1-9-34(40)35-10-2-6-14-41(35)50/h1-25H. The van der Waals surface area contributed by atoms with Gasteiger partial charge in [0, 0.05) is 32.7 Å². The highest BCUT2D eigenvalue weighted by atomic mass is 15.0. The van der Waals surface area contributed by atoms with Gasteiger partial charge in [-0.05, 0) is 77.9 Å². The summed E-state index contributed by atoms with van der Waals surface area (Å²) in [6.07, 6.45) is 0. The van der Waals surface area contributed by atoms with Gasteiger partial charge < -0.3 is 9.13 Å². The molecule has 7 aromatic carbocycles. The molecule has 0 amide bonds. The van der Waals surface area contributed by atoms with E-state index >= 15 is 0 Å². The summed E-state index contributed by atoms with van der Waals surface area (Å²) in [7, 11) is 0. The molecule has 0 aliphatic heterocycles. The van der Waals surface area contributed by atoms with Crippen molar-refractivity contribution in [2.24, 2.45) is 0 Å². The third-order valence-corrected chi connectivity index (χ3v) is 9.65. The minimum absolute atomic E-state index is 0.560. The molecule has 0 aliphatic rings. The van der Waals surface area contributed by atoms with Crippen LogP contribution in [0.5, 0.6) is 0 Å². The molecule has 50 heavy (non-hydrogen) atoms. The van der Waals surface area contributed by atoms with E-state index in [2.05, 4.69) is 88.0 Å². The van der Waals surface area contributed by atoms with E-state index in [0.717, 1.165) is 77.2 Å². The lowest BCUT2D eigenvalue weighted by Crippen LogP contribution is -1.99. The van der Waals surface area contributed by atoms with Gasteiger partial charge in [-0.25, -0.2) is 0 Å². The van der Waals surface area contributed by atoms with Gasteiger partial charge in [0.1, 0.15) is 6.07 Å². The Hall–Kier alpha value is -7.39. The summed E-state index contributed by atoms with van der Waals surface area (Å²) in [4.78, 5) is 0. The van der Waals surface area contributed by atoms with Gasteiger partial charge in [0.05, 0.1) is 62.3 Å². The van der Waals surface area contributed by atoms with Crippen molar-refractivity contribution in [3.8, 4) is 51.8 Å². The largest absolute Gasteiger partial charge is 0.309 e. The highest BCUT2D eigenvalue weighted by molar-refractivity contribution is 6.11. The first-order valence-electron chi connectivity index (χ1n) is 16.3. The lowest BCUT2D eigenvalue weighted by molar-refractivity contribution is 1.17. The summed E-state index contributed by atoms with van der Waals surface area (Å²) in [6.45, 7) is 0. The molecule has 2 heterocycles. The van der Waals surface area contributed by atoms with E-state index in [0.29, 0.717) is 16.7 Å². The molecule has 0 radical (unpaired) electrons. The van der Waals surface area contributed by atoms with Crippen LogP contribution >= 0.6 is 0 Å². The number of hydrogen-bond donors (Lipinski definition) is 0. The molecule has 0 N–H and O–H groups in total. The Morgan fingerprint density at radius 3 is 1.52 bits per heavy atom. The second kappa shape index (κ2) is 11.4. The summed E-state index contributed by atoms with van der Waals surface area (Å²) in [5, 5.41) is 34.6. The molecule has 0 aliphatic carbocycles. The highest BCUT2D eigenvalue weighted by Crippen LogP contribution is 2.40. The Balaban J connectivity index is 1.26. The monoisotopic (exact) mass is 635 g/mol. The molecule has 0 bridgehead atoms. The van der Waals surface area contributed by atoms with Gasteiger partial charge in [-0.2, -0.15) is 15.8 Å². The Labute approximate surface area is 287 Å². The zero-order valence-electron chi connectivity index (χ0n) is 26.7. The van der Waals surface area contributed by atoms with E-state index < -0.39 is 0 Å². The molecule has 0 unspecified atom stereocenters.